The van der Waals surface area contributed by atoms with Gasteiger partial charge in [-0.25, -0.2) is 0 Å². The first kappa shape index (κ1) is 10.6. The van der Waals surface area contributed by atoms with E-state index in [0.717, 1.165) is 18.0 Å². The number of nitrogens with two attached hydrogens (primary N) is 1. The van der Waals surface area contributed by atoms with E-state index in [-0.39, 0.29) is 0 Å². The molecule has 1 aliphatic rings. The minimum Gasteiger partial charge on any atom is -0.361 e. The van der Waals surface area contributed by atoms with E-state index >= 15 is 0 Å². The van der Waals surface area contributed by atoms with Crippen molar-refractivity contribution in [2.75, 3.05) is 19.6 Å². The molecular weight excluding hydrogens is 190 g/mol. The zero-order valence-corrected chi connectivity index (χ0v) is 9.28. The third-order valence-electron chi connectivity index (χ3n) is 3.22. The number of hydrogen-bond donors (Lipinski definition) is 1. The van der Waals surface area contributed by atoms with E-state index in [1.807, 2.05) is 6.07 Å². The lowest BCUT2D eigenvalue weighted by atomic mass is 9.94. The van der Waals surface area contributed by atoms with E-state index in [2.05, 4.69) is 17.0 Å². The Kier molecular flexibility index (Phi) is 3.38. The first-order valence-corrected chi connectivity index (χ1v) is 5.71. The minimum atomic E-state index is 0.470. The first-order chi connectivity index (χ1) is 7.33. The average molecular weight is 209 g/mol. The maximum atomic E-state index is 5.51. The van der Waals surface area contributed by atoms with Crippen molar-refractivity contribution in [1.29, 1.82) is 0 Å². The standard InChI is InChI=1S/C11H19N3O/c1-2-14-5-3-9(4-6-14)11-7-10(8-12)13-15-11/h7,9H,2-6,8,12H2,1H3. The topological polar surface area (TPSA) is 55.3 Å². The smallest absolute Gasteiger partial charge is 0.140 e. The molecule has 1 aromatic heterocycles. The molecule has 0 amide bonds. The molecule has 4 heteroatoms. The molecule has 0 spiro atoms. The average Bonchev–Trinajstić information content (AvgIpc) is 2.78. The highest BCUT2D eigenvalue weighted by Crippen LogP contribution is 2.28. The van der Waals surface area contributed by atoms with E-state index in [1.165, 1.54) is 25.9 Å². The van der Waals surface area contributed by atoms with Crippen molar-refractivity contribution < 1.29 is 4.52 Å². The molecule has 1 fully saturated rings. The van der Waals surface area contributed by atoms with Crippen molar-refractivity contribution in [3.05, 3.63) is 17.5 Å². The van der Waals surface area contributed by atoms with Crippen LogP contribution in [0.25, 0.3) is 0 Å². The number of aromatic nitrogens is 1. The largest absolute Gasteiger partial charge is 0.361 e. The molecule has 1 saturated heterocycles. The van der Waals surface area contributed by atoms with Crippen LogP contribution in [0.3, 0.4) is 0 Å². The highest BCUT2D eigenvalue weighted by atomic mass is 16.5. The maximum absolute atomic E-state index is 5.51. The molecule has 0 saturated carbocycles. The monoisotopic (exact) mass is 209 g/mol. The first-order valence-electron chi connectivity index (χ1n) is 5.71. The van der Waals surface area contributed by atoms with Crippen LogP contribution >= 0.6 is 0 Å². The molecule has 0 unspecified atom stereocenters. The zero-order chi connectivity index (χ0) is 10.7. The van der Waals surface area contributed by atoms with Crippen molar-refractivity contribution in [3.8, 4) is 0 Å². The zero-order valence-electron chi connectivity index (χ0n) is 9.28. The Hall–Kier alpha value is -0.870. The number of nitrogens with zero attached hydrogens (tertiary/aromatic N) is 2. The van der Waals surface area contributed by atoms with Gasteiger partial charge >= 0.3 is 0 Å². The van der Waals surface area contributed by atoms with Crippen LogP contribution in [0, 0.1) is 0 Å². The van der Waals surface area contributed by atoms with Gasteiger partial charge in [0.15, 0.2) is 0 Å². The van der Waals surface area contributed by atoms with Gasteiger partial charge in [0.1, 0.15) is 5.76 Å². The van der Waals surface area contributed by atoms with Crippen LogP contribution in [0.1, 0.15) is 37.1 Å². The van der Waals surface area contributed by atoms with E-state index in [1.54, 1.807) is 0 Å². The molecule has 2 heterocycles. The summed E-state index contributed by atoms with van der Waals surface area (Å²) >= 11 is 0. The van der Waals surface area contributed by atoms with Gasteiger partial charge in [0.05, 0.1) is 5.69 Å². The molecule has 84 valence electrons. The van der Waals surface area contributed by atoms with Crippen LogP contribution in [-0.4, -0.2) is 29.7 Å². The molecule has 2 N–H and O–H groups in total. The van der Waals surface area contributed by atoms with Gasteiger partial charge in [-0.05, 0) is 32.5 Å². The molecule has 4 nitrogen and oxygen atoms in total. The lowest BCUT2D eigenvalue weighted by Gasteiger charge is -2.29. The van der Waals surface area contributed by atoms with Gasteiger partial charge in [0.25, 0.3) is 0 Å². The summed E-state index contributed by atoms with van der Waals surface area (Å²) in [4.78, 5) is 2.47. The molecule has 15 heavy (non-hydrogen) atoms. The van der Waals surface area contributed by atoms with Crippen molar-refractivity contribution in [2.24, 2.45) is 5.73 Å². The Morgan fingerprint density at radius 2 is 2.27 bits per heavy atom. The summed E-state index contributed by atoms with van der Waals surface area (Å²) in [6.07, 6.45) is 2.35. The van der Waals surface area contributed by atoms with Crippen LogP contribution in [-0.2, 0) is 6.54 Å². The molecule has 2 rings (SSSR count). The Morgan fingerprint density at radius 1 is 1.53 bits per heavy atom. The lowest BCUT2D eigenvalue weighted by Crippen LogP contribution is -2.32. The van der Waals surface area contributed by atoms with Gasteiger partial charge in [-0.2, -0.15) is 0 Å². The predicted molar refractivity (Wildman–Crippen MR) is 58.5 cm³/mol. The summed E-state index contributed by atoms with van der Waals surface area (Å²) < 4.78 is 5.32. The summed E-state index contributed by atoms with van der Waals surface area (Å²) in [5.74, 6) is 1.56. The summed E-state index contributed by atoms with van der Waals surface area (Å²) in [5.41, 5.74) is 6.37. The molecule has 1 aromatic rings. The van der Waals surface area contributed by atoms with Crippen LogP contribution in [0.15, 0.2) is 10.6 Å². The predicted octanol–water partition coefficient (Wildman–Crippen LogP) is 1.33. The summed E-state index contributed by atoms with van der Waals surface area (Å²) in [5, 5.41) is 3.94. The fourth-order valence-electron chi connectivity index (χ4n) is 2.15. The Labute approximate surface area is 90.4 Å². The molecular formula is C11H19N3O. The highest BCUT2D eigenvalue weighted by Gasteiger charge is 2.22. The van der Waals surface area contributed by atoms with E-state index in [9.17, 15) is 0 Å². The van der Waals surface area contributed by atoms with Crippen molar-refractivity contribution in [1.82, 2.24) is 10.1 Å². The number of piperidine rings is 1. The Bertz CT molecular complexity index is 303. The number of likely N-dealkylation sites (tertiary alicyclic amines) is 1. The fourth-order valence-corrected chi connectivity index (χ4v) is 2.15. The number of rotatable bonds is 3. The van der Waals surface area contributed by atoms with Crippen LogP contribution in [0.5, 0.6) is 0 Å². The van der Waals surface area contributed by atoms with Gasteiger partial charge in [-0.15, -0.1) is 0 Å². The quantitative estimate of drug-likeness (QED) is 0.816. The second-order valence-corrected chi connectivity index (χ2v) is 4.13. The third kappa shape index (κ3) is 2.38. The van der Waals surface area contributed by atoms with Crippen molar-refractivity contribution in [3.63, 3.8) is 0 Å². The lowest BCUT2D eigenvalue weighted by molar-refractivity contribution is 0.205. The van der Waals surface area contributed by atoms with E-state index in [0.29, 0.717) is 12.5 Å². The second-order valence-electron chi connectivity index (χ2n) is 4.13. The van der Waals surface area contributed by atoms with Crippen molar-refractivity contribution in [2.45, 2.75) is 32.2 Å². The molecule has 0 radical (unpaired) electrons. The van der Waals surface area contributed by atoms with Gasteiger partial charge in [-0.3, -0.25) is 0 Å². The van der Waals surface area contributed by atoms with E-state index < -0.39 is 0 Å². The maximum Gasteiger partial charge on any atom is 0.140 e. The Morgan fingerprint density at radius 3 is 2.80 bits per heavy atom. The number of hydrogen-bond acceptors (Lipinski definition) is 4. The normalized spacial score (nSPS) is 19.6. The van der Waals surface area contributed by atoms with Gasteiger partial charge in [-0.1, -0.05) is 12.1 Å². The Balaban J connectivity index is 1.95. The van der Waals surface area contributed by atoms with Crippen LogP contribution in [0.4, 0.5) is 0 Å². The second kappa shape index (κ2) is 4.77. The SMILES string of the molecule is CCN1CCC(c2cc(CN)no2)CC1. The molecule has 1 aliphatic heterocycles. The summed E-state index contributed by atoms with van der Waals surface area (Å²) in [6, 6.07) is 2.01. The van der Waals surface area contributed by atoms with Gasteiger partial charge < -0.3 is 15.2 Å². The summed E-state index contributed by atoms with van der Waals surface area (Å²) in [7, 11) is 0. The molecule has 0 atom stereocenters. The summed E-state index contributed by atoms with van der Waals surface area (Å²) in [6.45, 7) is 6.16. The van der Waals surface area contributed by atoms with Gasteiger partial charge in [0, 0.05) is 18.5 Å². The molecule has 0 aromatic carbocycles. The highest BCUT2D eigenvalue weighted by molar-refractivity contribution is 5.10. The third-order valence-corrected chi connectivity index (χ3v) is 3.22. The molecule has 0 aliphatic carbocycles. The fraction of sp³-hybridized carbons (Fsp3) is 0.727. The van der Waals surface area contributed by atoms with E-state index in [4.69, 9.17) is 10.3 Å². The van der Waals surface area contributed by atoms with Crippen LogP contribution in [0.2, 0.25) is 0 Å². The molecule has 0 bridgehead atoms. The van der Waals surface area contributed by atoms with Crippen LogP contribution < -0.4 is 5.73 Å². The minimum absolute atomic E-state index is 0.470. The van der Waals surface area contributed by atoms with Crippen molar-refractivity contribution >= 4 is 0 Å². The van der Waals surface area contributed by atoms with Gasteiger partial charge in [0.2, 0.25) is 0 Å².